The number of aromatic nitrogens is 2. The third-order valence-electron chi connectivity index (χ3n) is 2.72. The van der Waals surface area contributed by atoms with Gasteiger partial charge in [0.2, 0.25) is 5.13 Å². The van der Waals surface area contributed by atoms with Gasteiger partial charge in [-0.3, -0.25) is 4.79 Å². The van der Waals surface area contributed by atoms with Crippen molar-refractivity contribution in [2.45, 2.75) is 30.4 Å². The van der Waals surface area contributed by atoms with Crippen molar-refractivity contribution in [3.05, 3.63) is 35.4 Å². The van der Waals surface area contributed by atoms with Gasteiger partial charge in [-0.15, -0.1) is 10.2 Å². The molecule has 0 aliphatic heterocycles. The lowest BCUT2D eigenvalue weighted by atomic mass is 10.1. The van der Waals surface area contributed by atoms with E-state index in [1.807, 2.05) is 45.0 Å². The summed E-state index contributed by atoms with van der Waals surface area (Å²) in [7, 11) is 0. The first-order valence-electron chi connectivity index (χ1n) is 6.45. The number of nitrogens with one attached hydrogen (secondary N) is 1. The van der Waals surface area contributed by atoms with Gasteiger partial charge in [0.1, 0.15) is 0 Å². The third kappa shape index (κ3) is 3.80. The van der Waals surface area contributed by atoms with Gasteiger partial charge in [0.25, 0.3) is 0 Å². The summed E-state index contributed by atoms with van der Waals surface area (Å²) in [6, 6.07) is 7.66. The Kier molecular flexibility index (Phi) is 5.14. The summed E-state index contributed by atoms with van der Waals surface area (Å²) in [6.07, 6.45) is 0. The van der Waals surface area contributed by atoms with Gasteiger partial charge < -0.3 is 5.32 Å². The molecule has 0 saturated carbocycles. The van der Waals surface area contributed by atoms with Crippen molar-refractivity contribution in [2.24, 2.45) is 0 Å². The summed E-state index contributed by atoms with van der Waals surface area (Å²) in [5, 5.41) is 11.9. The molecule has 0 aliphatic carbocycles. The van der Waals surface area contributed by atoms with Gasteiger partial charge in [-0.1, -0.05) is 52.9 Å². The van der Waals surface area contributed by atoms with Gasteiger partial charge in [0.05, 0.1) is 5.25 Å². The van der Waals surface area contributed by atoms with Crippen LogP contribution in [0.5, 0.6) is 0 Å². The minimum atomic E-state index is -0.167. The number of hydrogen-bond acceptors (Lipinski definition) is 6. The van der Waals surface area contributed by atoms with Crippen LogP contribution in [0, 0.1) is 6.92 Å². The maximum Gasteiger partial charge on any atom is 0.206 e. The van der Waals surface area contributed by atoms with E-state index in [1.54, 1.807) is 0 Å². The number of aryl methyl sites for hydroxylation is 1. The highest BCUT2D eigenvalue weighted by atomic mass is 32.2. The van der Waals surface area contributed by atoms with Crippen molar-refractivity contribution >= 4 is 34.0 Å². The normalized spacial score (nSPS) is 12.2. The Balaban J connectivity index is 2.01. The van der Waals surface area contributed by atoms with Crippen LogP contribution in [0.1, 0.15) is 29.8 Å². The molecule has 1 aromatic heterocycles. The molecule has 0 aliphatic rings. The SMILES string of the molecule is CCNc1nnc(SC(C)C(=O)c2ccc(C)cc2)s1. The average Bonchev–Trinajstić information content (AvgIpc) is 2.86. The molecule has 1 atom stereocenters. The van der Waals surface area contributed by atoms with E-state index in [0.717, 1.165) is 27.1 Å². The largest absolute Gasteiger partial charge is 0.360 e. The zero-order valence-electron chi connectivity index (χ0n) is 11.7. The van der Waals surface area contributed by atoms with Crippen LogP contribution in [0.2, 0.25) is 0 Å². The summed E-state index contributed by atoms with van der Waals surface area (Å²) in [5.74, 6) is 0.121. The number of thioether (sulfide) groups is 1. The van der Waals surface area contributed by atoms with Crippen molar-refractivity contribution < 1.29 is 4.79 Å². The molecule has 0 radical (unpaired) electrons. The van der Waals surface area contributed by atoms with Crippen LogP contribution in [-0.2, 0) is 0 Å². The molecule has 1 heterocycles. The number of ketones is 1. The van der Waals surface area contributed by atoms with E-state index >= 15 is 0 Å². The van der Waals surface area contributed by atoms with Crippen molar-refractivity contribution in [1.29, 1.82) is 0 Å². The fourth-order valence-corrected chi connectivity index (χ4v) is 3.68. The van der Waals surface area contributed by atoms with E-state index in [4.69, 9.17) is 0 Å². The second kappa shape index (κ2) is 6.85. The number of hydrogen-bond donors (Lipinski definition) is 1. The van der Waals surface area contributed by atoms with Crippen LogP contribution in [0.15, 0.2) is 28.6 Å². The van der Waals surface area contributed by atoms with Gasteiger partial charge >= 0.3 is 0 Å². The minimum Gasteiger partial charge on any atom is -0.360 e. The second-order valence-electron chi connectivity index (χ2n) is 4.39. The predicted molar refractivity (Wildman–Crippen MR) is 84.9 cm³/mol. The number of carbonyl (C=O) groups excluding carboxylic acids is 1. The molecule has 1 aromatic carbocycles. The Hall–Kier alpha value is -1.40. The average molecular weight is 307 g/mol. The first-order chi connectivity index (χ1) is 9.60. The van der Waals surface area contributed by atoms with E-state index in [-0.39, 0.29) is 11.0 Å². The molecule has 0 amide bonds. The molecule has 6 heteroatoms. The highest BCUT2D eigenvalue weighted by Crippen LogP contribution is 2.30. The maximum atomic E-state index is 12.3. The number of anilines is 1. The topological polar surface area (TPSA) is 54.9 Å². The molecule has 2 aromatic rings. The van der Waals surface area contributed by atoms with Crippen LogP contribution in [0.3, 0.4) is 0 Å². The Bertz CT molecular complexity index is 580. The van der Waals surface area contributed by atoms with Gasteiger partial charge in [-0.2, -0.15) is 0 Å². The molecule has 0 fully saturated rings. The van der Waals surface area contributed by atoms with Crippen molar-refractivity contribution in [3.8, 4) is 0 Å². The van der Waals surface area contributed by atoms with E-state index in [2.05, 4.69) is 15.5 Å². The summed E-state index contributed by atoms with van der Waals surface area (Å²) >= 11 is 2.93. The smallest absolute Gasteiger partial charge is 0.206 e. The molecule has 106 valence electrons. The van der Waals surface area contributed by atoms with Crippen LogP contribution < -0.4 is 5.32 Å². The quantitative estimate of drug-likeness (QED) is 0.652. The molecule has 1 N–H and O–H groups in total. The van der Waals surface area contributed by atoms with Gasteiger partial charge in [-0.25, -0.2) is 0 Å². The summed E-state index contributed by atoms with van der Waals surface area (Å²) < 4.78 is 0.814. The van der Waals surface area contributed by atoms with Crippen LogP contribution >= 0.6 is 23.1 Å². The Labute approximate surface area is 127 Å². The molecule has 0 bridgehead atoms. The lowest BCUT2D eigenvalue weighted by Crippen LogP contribution is -2.13. The first-order valence-corrected chi connectivity index (χ1v) is 8.14. The van der Waals surface area contributed by atoms with Crippen molar-refractivity contribution in [1.82, 2.24) is 10.2 Å². The van der Waals surface area contributed by atoms with Crippen LogP contribution in [-0.4, -0.2) is 27.8 Å². The maximum absolute atomic E-state index is 12.3. The third-order valence-corrected chi connectivity index (χ3v) is 4.78. The van der Waals surface area contributed by atoms with E-state index in [1.165, 1.54) is 23.1 Å². The molecule has 2 rings (SSSR count). The van der Waals surface area contributed by atoms with Gasteiger partial charge in [-0.05, 0) is 20.8 Å². The first kappa shape index (κ1) is 15.0. The fourth-order valence-electron chi connectivity index (χ4n) is 1.64. The number of benzene rings is 1. The minimum absolute atomic E-state index is 0.121. The predicted octanol–water partition coefficient (Wildman–Crippen LogP) is 3.64. The second-order valence-corrected chi connectivity index (χ2v) is 6.96. The van der Waals surface area contributed by atoms with Crippen LogP contribution in [0.25, 0.3) is 0 Å². The monoisotopic (exact) mass is 307 g/mol. The summed E-state index contributed by atoms with van der Waals surface area (Å²) in [6.45, 7) is 6.74. The Morgan fingerprint density at radius 1 is 1.35 bits per heavy atom. The Morgan fingerprint density at radius 3 is 2.70 bits per heavy atom. The highest BCUT2D eigenvalue weighted by Gasteiger charge is 2.18. The lowest BCUT2D eigenvalue weighted by molar-refractivity contribution is 0.0994. The lowest BCUT2D eigenvalue weighted by Gasteiger charge is -2.08. The van der Waals surface area contributed by atoms with Gasteiger partial charge in [0, 0.05) is 12.1 Å². The Morgan fingerprint density at radius 2 is 2.05 bits per heavy atom. The standard InChI is InChI=1S/C14H17N3OS2/c1-4-15-13-16-17-14(20-13)19-10(3)12(18)11-7-5-9(2)6-8-11/h5-8,10H,4H2,1-3H3,(H,15,16). The van der Waals surface area contributed by atoms with E-state index in [0.29, 0.717) is 0 Å². The summed E-state index contributed by atoms with van der Waals surface area (Å²) in [4.78, 5) is 12.3. The molecule has 0 saturated heterocycles. The number of nitrogens with zero attached hydrogens (tertiary/aromatic N) is 2. The van der Waals surface area contributed by atoms with Crippen molar-refractivity contribution in [3.63, 3.8) is 0 Å². The number of carbonyl (C=O) groups is 1. The zero-order valence-corrected chi connectivity index (χ0v) is 13.3. The molecule has 20 heavy (non-hydrogen) atoms. The number of Topliss-reactive ketones (excluding diaryl/α,β-unsaturated/α-hetero) is 1. The van der Waals surface area contributed by atoms with Crippen molar-refractivity contribution in [2.75, 3.05) is 11.9 Å². The highest BCUT2D eigenvalue weighted by molar-refractivity contribution is 8.02. The fraction of sp³-hybridized carbons (Fsp3) is 0.357. The van der Waals surface area contributed by atoms with Crippen LogP contribution in [0.4, 0.5) is 5.13 Å². The van der Waals surface area contributed by atoms with Gasteiger partial charge in [0.15, 0.2) is 10.1 Å². The molecular formula is C14H17N3OS2. The zero-order chi connectivity index (χ0) is 14.5. The molecule has 0 spiro atoms. The summed E-state index contributed by atoms with van der Waals surface area (Å²) in [5.41, 5.74) is 1.90. The van der Waals surface area contributed by atoms with E-state index < -0.39 is 0 Å². The van der Waals surface area contributed by atoms with E-state index in [9.17, 15) is 4.79 Å². The molecule has 1 unspecified atom stereocenters. The number of rotatable bonds is 6. The molecular weight excluding hydrogens is 290 g/mol. The molecule has 4 nitrogen and oxygen atoms in total.